The van der Waals surface area contributed by atoms with Gasteiger partial charge in [0.1, 0.15) is 9.96 Å². The van der Waals surface area contributed by atoms with Crippen molar-refractivity contribution in [1.29, 1.82) is 0 Å². The highest BCUT2D eigenvalue weighted by Gasteiger charge is 2.15. The van der Waals surface area contributed by atoms with E-state index in [-0.39, 0.29) is 0 Å². The number of benzene rings is 1. The molecule has 0 saturated carbocycles. The molecule has 0 aliphatic rings. The van der Waals surface area contributed by atoms with E-state index >= 15 is 0 Å². The minimum absolute atomic E-state index is 0.351. The number of sulfonamides is 1. The Balaban J connectivity index is 1.71. The summed E-state index contributed by atoms with van der Waals surface area (Å²) in [6.45, 7) is 2.24. The Bertz CT molecular complexity index is 926. The topological polar surface area (TPSA) is 71.2 Å². The van der Waals surface area contributed by atoms with Gasteiger partial charge in [-0.15, -0.1) is 11.3 Å². The molecule has 0 amide bonds. The van der Waals surface area contributed by atoms with Crippen LogP contribution >= 0.6 is 11.3 Å². The number of methoxy groups -OCH3 is 1. The molecular weight excluding hydrogens is 332 g/mol. The van der Waals surface area contributed by atoms with Gasteiger partial charge in [0.05, 0.1) is 7.11 Å². The van der Waals surface area contributed by atoms with Gasteiger partial charge in [-0.25, -0.2) is 13.1 Å². The van der Waals surface area contributed by atoms with Gasteiger partial charge in [0.2, 0.25) is 10.0 Å². The predicted octanol–water partition coefficient (Wildman–Crippen LogP) is 3.07. The second-order valence-corrected chi connectivity index (χ2v) is 8.52. The Morgan fingerprint density at radius 3 is 2.78 bits per heavy atom. The summed E-state index contributed by atoms with van der Waals surface area (Å²) in [6, 6.07) is 9.25. The van der Waals surface area contributed by atoms with Gasteiger partial charge >= 0.3 is 0 Å². The first kappa shape index (κ1) is 16.0. The van der Waals surface area contributed by atoms with Crippen LogP contribution in [-0.2, 0) is 16.4 Å². The SMILES string of the molecule is COc1ccc2[nH]cc(CCNS(=O)(=O)c3ccc(C)s3)c2c1. The number of nitrogens with one attached hydrogen (secondary N) is 2. The van der Waals surface area contributed by atoms with Crippen LogP contribution in [0.15, 0.2) is 40.7 Å². The highest BCUT2D eigenvalue weighted by Crippen LogP contribution is 2.24. The zero-order chi connectivity index (χ0) is 16.4. The number of aromatic nitrogens is 1. The average Bonchev–Trinajstić information content (AvgIpc) is 3.14. The Labute approximate surface area is 139 Å². The van der Waals surface area contributed by atoms with E-state index in [9.17, 15) is 8.42 Å². The van der Waals surface area contributed by atoms with E-state index in [2.05, 4.69) is 9.71 Å². The summed E-state index contributed by atoms with van der Waals surface area (Å²) in [7, 11) is -1.80. The fourth-order valence-electron chi connectivity index (χ4n) is 2.44. The van der Waals surface area contributed by atoms with Gasteiger partial charge in [0.15, 0.2) is 0 Å². The molecule has 0 atom stereocenters. The van der Waals surface area contributed by atoms with Crippen molar-refractivity contribution < 1.29 is 13.2 Å². The zero-order valence-electron chi connectivity index (χ0n) is 12.9. The fourth-order valence-corrected chi connectivity index (χ4v) is 4.80. The molecule has 0 saturated heterocycles. The molecule has 3 rings (SSSR count). The standard InChI is InChI=1S/C16H18N2O3S2/c1-11-3-6-16(22-11)23(19,20)18-8-7-12-10-17-15-5-4-13(21-2)9-14(12)15/h3-6,9-10,17-18H,7-8H2,1-2H3. The molecule has 0 spiro atoms. The lowest BCUT2D eigenvalue weighted by molar-refractivity contribution is 0.415. The molecule has 0 aliphatic carbocycles. The van der Waals surface area contributed by atoms with Crippen molar-refractivity contribution in [2.24, 2.45) is 0 Å². The van der Waals surface area contributed by atoms with Gasteiger partial charge in [0.25, 0.3) is 0 Å². The van der Waals surface area contributed by atoms with Gasteiger partial charge in [-0.1, -0.05) is 0 Å². The molecule has 0 fully saturated rings. The summed E-state index contributed by atoms with van der Waals surface area (Å²) in [6.07, 6.45) is 2.52. The number of hydrogen-bond acceptors (Lipinski definition) is 4. The van der Waals surface area contributed by atoms with Crippen molar-refractivity contribution >= 4 is 32.3 Å². The Hall–Kier alpha value is -1.83. The van der Waals surface area contributed by atoms with Crippen molar-refractivity contribution in [2.45, 2.75) is 17.6 Å². The fraction of sp³-hybridized carbons (Fsp3) is 0.250. The molecule has 1 aromatic carbocycles. The van der Waals surface area contributed by atoms with E-state index in [4.69, 9.17) is 4.74 Å². The van der Waals surface area contributed by atoms with Crippen LogP contribution in [0.2, 0.25) is 0 Å². The Kier molecular flexibility index (Phi) is 4.43. The molecule has 2 aromatic heterocycles. The third kappa shape index (κ3) is 3.41. The van der Waals surface area contributed by atoms with Crippen LogP contribution < -0.4 is 9.46 Å². The number of fused-ring (bicyclic) bond motifs is 1. The van der Waals surface area contributed by atoms with Gasteiger partial charge in [-0.05, 0) is 49.2 Å². The van der Waals surface area contributed by atoms with Gasteiger partial charge < -0.3 is 9.72 Å². The van der Waals surface area contributed by atoms with Crippen molar-refractivity contribution in [3.63, 3.8) is 0 Å². The summed E-state index contributed by atoms with van der Waals surface area (Å²) >= 11 is 1.28. The maximum Gasteiger partial charge on any atom is 0.250 e. The summed E-state index contributed by atoms with van der Waals surface area (Å²) in [5, 5.41) is 1.05. The first-order valence-electron chi connectivity index (χ1n) is 7.20. The minimum Gasteiger partial charge on any atom is -0.497 e. The average molecular weight is 350 g/mol. The molecule has 2 heterocycles. The van der Waals surface area contributed by atoms with Crippen LogP contribution in [0.5, 0.6) is 5.75 Å². The third-order valence-corrected chi connectivity index (χ3v) is 6.60. The van der Waals surface area contributed by atoms with E-state index in [1.807, 2.05) is 37.4 Å². The maximum atomic E-state index is 12.2. The van der Waals surface area contributed by atoms with Crippen molar-refractivity contribution in [2.75, 3.05) is 13.7 Å². The van der Waals surface area contributed by atoms with E-state index in [1.165, 1.54) is 11.3 Å². The molecule has 7 heteroatoms. The quantitative estimate of drug-likeness (QED) is 0.718. The van der Waals surface area contributed by atoms with E-state index in [0.29, 0.717) is 17.2 Å². The van der Waals surface area contributed by atoms with Crippen LogP contribution in [0, 0.1) is 6.92 Å². The van der Waals surface area contributed by atoms with E-state index in [1.54, 1.807) is 13.2 Å². The number of aryl methyl sites for hydroxylation is 1. The summed E-state index contributed by atoms with van der Waals surface area (Å²) in [5.74, 6) is 0.785. The monoisotopic (exact) mass is 350 g/mol. The normalized spacial score (nSPS) is 11.9. The summed E-state index contributed by atoms with van der Waals surface area (Å²) in [5.41, 5.74) is 2.07. The molecular formula is C16H18N2O3S2. The number of H-pyrrole nitrogens is 1. The highest BCUT2D eigenvalue weighted by atomic mass is 32.2. The largest absolute Gasteiger partial charge is 0.497 e. The van der Waals surface area contributed by atoms with Gasteiger partial charge in [-0.2, -0.15) is 0 Å². The van der Waals surface area contributed by atoms with Crippen LogP contribution in [0.3, 0.4) is 0 Å². The molecule has 23 heavy (non-hydrogen) atoms. The lowest BCUT2D eigenvalue weighted by Crippen LogP contribution is -2.25. The van der Waals surface area contributed by atoms with E-state index < -0.39 is 10.0 Å². The second-order valence-electron chi connectivity index (χ2n) is 5.24. The predicted molar refractivity (Wildman–Crippen MR) is 92.8 cm³/mol. The molecule has 0 radical (unpaired) electrons. The van der Waals surface area contributed by atoms with Crippen molar-refractivity contribution in [3.05, 3.63) is 47.0 Å². The third-order valence-electron chi connectivity index (χ3n) is 3.64. The zero-order valence-corrected chi connectivity index (χ0v) is 14.6. The molecule has 0 unspecified atom stereocenters. The maximum absolute atomic E-state index is 12.2. The molecule has 5 nitrogen and oxygen atoms in total. The van der Waals surface area contributed by atoms with E-state index in [0.717, 1.165) is 27.1 Å². The number of hydrogen-bond donors (Lipinski definition) is 2. The molecule has 0 bridgehead atoms. The summed E-state index contributed by atoms with van der Waals surface area (Å²) in [4.78, 5) is 4.17. The first-order chi connectivity index (χ1) is 11.0. The Morgan fingerprint density at radius 1 is 1.26 bits per heavy atom. The van der Waals surface area contributed by atoms with Crippen molar-refractivity contribution in [3.8, 4) is 5.75 Å². The molecule has 122 valence electrons. The van der Waals surface area contributed by atoms with Crippen molar-refractivity contribution in [1.82, 2.24) is 9.71 Å². The smallest absolute Gasteiger partial charge is 0.250 e. The second kappa shape index (κ2) is 6.35. The lowest BCUT2D eigenvalue weighted by Gasteiger charge is -2.05. The molecule has 2 N–H and O–H groups in total. The number of thiophene rings is 1. The highest BCUT2D eigenvalue weighted by molar-refractivity contribution is 7.91. The minimum atomic E-state index is -3.43. The number of ether oxygens (including phenoxy) is 1. The van der Waals surface area contributed by atoms with Crippen LogP contribution in [0.25, 0.3) is 10.9 Å². The number of rotatable bonds is 6. The van der Waals surface area contributed by atoms with Crippen LogP contribution in [0.1, 0.15) is 10.4 Å². The molecule has 0 aliphatic heterocycles. The number of aromatic amines is 1. The summed E-state index contributed by atoms with van der Waals surface area (Å²) < 4.78 is 32.7. The van der Waals surface area contributed by atoms with Crippen LogP contribution in [0.4, 0.5) is 0 Å². The van der Waals surface area contributed by atoms with Crippen LogP contribution in [-0.4, -0.2) is 27.1 Å². The molecule has 3 aromatic rings. The van der Waals surface area contributed by atoms with Gasteiger partial charge in [0, 0.05) is 28.5 Å². The lowest BCUT2D eigenvalue weighted by atomic mass is 10.1. The first-order valence-corrected chi connectivity index (χ1v) is 9.50. The van der Waals surface area contributed by atoms with Gasteiger partial charge in [-0.3, -0.25) is 0 Å². The Morgan fingerprint density at radius 2 is 2.09 bits per heavy atom.